The standard InChI is InChI=1S/C7H11F3N4/c1-14-6(5-12-13-14)4-11-3-2-7(8,9)10/h5,11H,2-4H2,1H3. The maximum Gasteiger partial charge on any atom is 0.390 e. The number of hydrogen-bond donors (Lipinski definition) is 1. The van der Waals surface area contributed by atoms with Gasteiger partial charge in [-0.3, -0.25) is 4.68 Å². The number of nitrogens with one attached hydrogen (secondary N) is 1. The second-order valence-electron chi connectivity index (χ2n) is 2.89. The van der Waals surface area contributed by atoms with E-state index in [-0.39, 0.29) is 6.54 Å². The van der Waals surface area contributed by atoms with Gasteiger partial charge in [0.2, 0.25) is 0 Å². The van der Waals surface area contributed by atoms with Gasteiger partial charge in [0.1, 0.15) is 0 Å². The van der Waals surface area contributed by atoms with Crippen LogP contribution in [0.2, 0.25) is 0 Å². The van der Waals surface area contributed by atoms with Gasteiger partial charge in [0.15, 0.2) is 0 Å². The van der Waals surface area contributed by atoms with E-state index >= 15 is 0 Å². The first-order valence-corrected chi connectivity index (χ1v) is 4.10. The predicted molar refractivity (Wildman–Crippen MR) is 43.4 cm³/mol. The summed E-state index contributed by atoms with van der Waals surface area (Å²) in [4.78, 5) is 0. The van der Waals surface area contributed by atoms with Crippen LogP contribution in [0.3, 0.4) is 0 Å². The molecule has 1 aromatic heterocycles. The molecule has 1 heterocycles. The highest BCUT2D eigenvalue weighted by Crippen LogP contribution is 2.18. The first-order chi connectivity index (χ1) is 6.49. The molecule has 0 atom stereocenters. The Morgan fingerprint density at radius 2 is 2.21 bits per heavy atom. The second kappa shape index (κ2) is 4.41. The number of rotatable bonds is 4. The van der Waals surface area contributed by atoms with Gasteiger partial charge in [-0.05, 0) is 0 Å². The van der Waals surface area contributed by atoms with Gasteiger partial charge < -0.3 is 5.32 Å². The lowest BCUT2D eigenvalue weighted by molar-refractivity contribution is -0.133. The van der Waals surface area contributed by atoms with E-state index in [1.54, 1.807) is 7.05 Å². The van der Waals surface area contributed by atoms with Crippen LogP contribution < -0.4 is 5.32 Å². The summed E-state index contributed by atoms with van der Waals surface area (Å²) in [5.74, 6) is 0. The van der Waals surface area contributed by atoms with Gasteiger partial charge in [0, 0.05) is 20.1 Å². The molecule has 80 valence electrons. The van der Waals surface area contributed by atoms with Crippen LogP contribution in [0.15, 0.2) is 6.20 Å². The van der Waals surface area contributed by atoms with Crippen molar-refractivity contribution in [3.8, 4) is 0 Å². The molecule has 0 radical (unpaired) electrons. The molecule has 0 spiro atoms. The minimum atomic E-state index is -4.10. The van der Waals surface area contributed by atoms with Gasteiger partial charge in [0.05, 0.1) is 18.3 Å². The van der Waals surface area contributed by atoms with Gasteiger partial charge >= 0.3 is 6.18 Å². The quantitative estimate of drug-likeness (QED) is 0.746. The normalized spacial score (nSPS) is 12.0. The number of hydrogen-bond acceptors (Lipinski definition) is 3. The van der Waals surface area contributed by atoms with Crippen LogP contribution >= 0.6 is 0 Å². The lowest BCUT2D eigenvalue weighted by Crippen LogP contribution is -2.22. The molecule has 14 heavy (non-hydrogen) atoms. The minimum Gasteiger partial charge on any atom is -0.311 e. The summed E-state index contributed by atoms with van der Waals surface area (Å²) in [7, 11) is 1.69. The highest BCUT2D eigenvalue weighted by atomic mass is 19.4. The van der Waals surface area contributed by atoms with E-state index in [4.69, 9.17) is 0 Å². The molecule has 1 aromatic rings. The Balaban J connectivity index is 2.20. The maximum atomic E-state index is 11.7. The first-order valence-electron chi connectivity index (χ1n) is 4.10. The number of alkyl halides is 3. The first kappa shape index (κ1) is 11.0. The van der Waals surface area contributed by atoms with E-state index < -0.39 is 12.6 Å². The molecule has 0 aliphatic rings. The molecule has 0 amide bonds. The van der Waals surface area contributed by atoms with E-state index in [0.717, 1.165) is 5.69 Å². The highest BCUT2D eigenvalue weighted by molar-refractivity contribution is 4.91. The summed E-state index contributed by atoms with van der Waals surface area (Å²) in [5, 5.41) is 9.91. The smallest absolute Gasteiger partial charge is 0.311 e. The van der Waals surface area contributed by atoms with E-state index in [2.05, 4.69) is 15.6 Å². The topological polar surface area (TPSA) is 42.7 Å². The van der Waals surface area contributed by atoms with Crippen LogP contribution in [0.4, 0.5) is 13.2 Å². The zero-order valence-electron chi connectivity index (χ0n) is 7.67. The van der Waals surface area contributed by atoms with Gasteiger partial charge in [-0.15, -0.1) is 5.10 Å². The molecular formula is C7H11F3N4. The molecule has 0 bridgehead atoms. The van der Waals surface area contributed by atoms with Crippen LogP contribution in [0.1, 0.15) is 12.1 Å². The van der Waals surface area contributed by atoms with E-state index in [0.29, 0.717) is 6.54 Å². The predicted octanol–water partition coefficient (Wildman–Crippen LogP) is 0.857. The zero-order valence-corrected chi connectivity index (χ0v) is 7.67. The lowest BCUT2D eigenvalue weighted by Gasteiger charge is -2.07. The largest absolute Gasteiger partial charge is 0.390 e. The molecule has 0 aromatic carbocycles. The van der Waals surface area contributed by atoms with Crippen molar-refractivity contribution in [2.45, 2.75) is 19.1 Å². The van der Waals surface area contributed by atoms with Crippen molar-refractivity contribution in [3.63, 3.8) is 0 Å². The molecule has 0 aliphatic carbocycles. The number of nitrogens with zero attached hydrogens (tertiary/aromatic N) is 3. The van der Waals surface area contributed by atoms with Crippen molar-refractivity contribution >= 4 is 0 Å². The Labute approximate surface area is 79.1 Å². The van der Waals surface area contributed by atoms with Crippen molar-refractivity contribution in [2.24, 2.45) is 7.05 Å². The van der Waals surface area contributed by atoms with Crippen molar-refractivity contribution in [3.05, 3.63) is 11.9 Å². The Kier molecular flexibility index (Phi) is 3.45. The van der Waals surface area contributed by atoms with E-state index in [1.807, 2.05) is 0 Å². The maximum absolute atomic E-state index is 11.7. The van der Waals surface area contributed by atoms with Crippen LogP contribution in [-0.2, 0) is 13.6 Å². The summed E-state index contributed by atoms with van der Waals surface area (Å²) in [6.07, 6.45) is -3.41. The van der Waals surface area contributed by atoms with Gasteiger partial charge in [-0.2, -0.15) is 13.2 Å². The van der Waals surface area contributed by atoms with Gasteiger partial charge in [-0.1, -0.05) is 5.21 Å². The molecule has 4 nitrogen and oxygen atoms in total. The fourth-order valence-corrected chi connectivity index (χ4v) is 0.918. The van der Waals surface area contributed by atoms with Crippen LogP contribution in [0, 0.1) is 0 Å². The van der Waals surface area contributed by atoms with Crippen LogP contribution in [0.25, 0.3) is 0 Å². The molecule has 1 N–H and O–H groups in total. The monoisotopic (exact) mass is 208 g/mol. The van der Waals surface area contributed by atoms with Gasteiger partial charge in [0.25, 0.3) is 0 Å². The third kappa shape index (κ3) is 3.73. The lowest BCUT2D eigenvalue weighted by atomic mass is 10.4. The summed E-state index contributed by atoms with van der Waals surface area (Å²) in [6, 6.07) is 0. The van der Waals surface area contributed by atoms with Crippen molar-refractivity contribution in [1.29, 1.82) is 0 Å². The fourth-order valence-electron chi connectivity index (χ4n) is 0.918. The summed E-state index contributed by atoms with van der Waals surface area (Å²) >= 11 is 0. The van der Waals surface area contributed by atoms with Crippen molar-refractivity contribution in [1.82, 2.24) is 20.3 Å². The SMILES string of the molecule is Cn1nncc1CNCCC(F)(F)F. The number of aromatic nitrogens is 3. The molecule has 0 aliphatic heterocycles. The highest BCUT2D eigenvalue weighted by Gasteiger charge is 2.25. The molecule has 0 saturated carbocycles. The van der Waals surface area contributed by atoms with Crippen molar-refractivity contribution in [2.75, 3.05) is 6.54 Å². The average Bonchev–Trinajstić information content (AvgIpc) is 2.44. The van der Waals surface area contributed by atoms with Crippen LogP contribution in [-0.4, -0.2) is 27.7 Å². The minimum absolute atomic E-state index is 0.0886. The molecule has 7 heteroatoms. The third-order valence-electron chi connectivity index (χ3n) is 1.70. The van der Waals surface area contributed by atoms with E-state index in [9.17, 15) is 13.2 Å². The Morgan fingerprint density at radius 3 is 2.71 bits per heavy atom. The molecule has 1 rings (SSSR count). The third-order valence-corrected chi connectivity index (χ3v) is 1.70. The Hall–Kier alpha value is -1.11. The fraction of sp³-hybridized carbons (Fsp3) is 0.714. The molecule has 0 unspecified atom stereocenters. The van der Waals surface area contributed by atoms with Gasteiger partial charge in [-0.25, -0.2) is 0 Å². The molecular weight excluding hydrogens is 197 g/mol. The van der Waals surface area contributed by atoms with E-state index in [1.165, 1.54) is 10.9 Å². The number of aryl methyl sites for hydroxylation is 1. The van der Waals surface area contributed by atoms with Crippen LogP contribution in [0.5, 0.6) is 0 Å². The molecule has 0 saturated heterocycles. The zero-order chi connectivity index (χ0) is 10.6. The average molecular weight is 208 g/mol. The summed E-state index contributed by atoms with van der Waals surface area (Å²) in [5.41, 5.74) is 0.757. The van der Waals surface area contributed by atoms with Crippen molar-refractivity contribution < 1.29 is 13.2 Å². The summed E-state index contributed by atoms with van der Waals surface area (Å²) in [6.45, 7) is 0.258. The Morgan fingerprint density at radius 1 is 1.50 bits per heavy atom. The Bertz CT molecular complexity index is 281. The molecule has 0 fully saturated rings. The summed E-state index contributed by atoms with van der Waals surface area (Å²) < 4.78 is 36.7. The number of halogens is 3. The second-order valence-corrected chi connectivity index (χ2v) is 2.89.